The average Bonchev–Trinajstić information content (AvgIpc) is 2.49. The smallest absolute Gasteiger partial charge is 0.238 e. The van der Waals surface area contributed by atoms with Gasteiger partial charge in [-0.15, -0.1) is 0 Å². The van der Waals surface area contributed by atoms with Gasteiger partial charge in [0.1, 0.15) is 5.82 Å². The van der Waals surface area contributed by atoms with E-state index >= 15 is 0 Å². The molecule has 0 amide bonds. The third-order valence-corrected chi connectivity index (χ3v) is 5.24. The quantitative estimate of drug-likeness (QED) is 0.921. The first-order valence-electron chi connectivity index (χ1n) is 7.19. The fraction of sp³-hybridized carbons (Fsp3) is 0.250. The molecule has 23 heavy (non-hydrogen) atoms. The van der Waals surface area contributed by atoms with Crippen LogP contribution >= 0.6 is 11.6 Å². The highest BCUT2D eigenvalue weighted by atomic mass is 35.5. The van der Waals surface area contributed by atoms with Gasteiger partial charge >= 0.3 is 0 Å². The van der Waals surface area contributed by atoms with Crippen LogP contribution in [0.2, 0.25) is 5.02 Å². The van der Waals surface area contributed by atoms with Crippen LogP contribution in [0.25, 0.3) is 0 Å². The van der Waals surface area contributed by atoms with Crippen LogP contribution in [0.4, 0.5) is 10.1 Å². The van der Waals surface area contributed by atoms with Crippen molar-refractivity contribution < 1.29 is 12.8 Å². The van der Waals surface area contributed by atoms with Gasteiger partial charge in [-0.05, 0) is 48.2 Å². The standard InChI is InChI=1S/C16H16ClFN2O2S/c17-15-8-13(18)5-3-12(15)10-20-7-1-2-11-4-6-14(9-16(11)20)23(19,21)22/h3-6,8-9H,1-2,7,10H2,(H2,19,21,22). The molecule has 2 aromatic rings. The van der Waals surface area contributed by atoms with Crippen LogP contribution in [0.15, 0.2) is 41.3 Å². The molecule has 0 radical (unpaired) electrons. The number of fused-ring (bicyclic) bond motifs is 1. The summed E-state index contributed by atoms with van der Waals surface area (Å²) >= 11 is 6.10. The molecule has 3 rings (SSSR count). The van der Waals surface area contributed by atoms with Crippen molar-refractivity contribution in [1.82, 2.24) is 0 Å². The number of nitrogens with two attached hydrogens (primary N) is 1. The predicted octanol–water partition coefficient (Wildman–Crippen LogP) is 3.08. The number of benzene rings is 2. The maximum atomic E-state index is 13.2. The number of primary sulfonamides is 1. The minimum Gasteiger partial charge on any atom is -0.367 e. The van der Waals surface area contributed by atoms with E-state index in [0.29, 0.717) is 11.6 Å². The lowest BCUT2D eigenvalue weighted by atomic mass is 10.0. The monoisotopic (exact) mass is 354 g/mol. The Labute approximate surface area is 139 Å². The van der Waals surface area contributed by atoms with E-state index in [9.17, 15) is 12.8 Å². The Bertz CT molecular complexity index is 855. The largest absolute Gasteiger partial charge is 0.367 e. The molecule has 0 bridgehead atoms. The molecule has 7 heteroatoms. The Balaban J connectivity index is 1.97. The van der Waals surface area contributed by atoms with E-state index in [1.807, 2.05) is 4.90 Å². The lowest BCUT2D eigenvalue weighted by Gasteiger charge is -2.32. The van der Waals surface area contributed by atoms with Crippen LogP contribution in [0.3, 0.4) is 0 Å². The fourth-order valence-electron chi connectivity index (χ4n) is 2.83. The first-order valence-corrected chi connectivity index (χ1v) is 9.11. The number of sulfonamides is 1. The molecule has 0 aliphatic carbocycles. The van der Waals surface area contributed by atoms with E-state index in [2.05, 4.69) is 0 Å². The second-order valence-corrected chi connectivity index (χ2v) is 7.56. The summed E-state index contributed by atoms with van der Waals surface area (Å²) in [6.07, 6.45) is 1.84. The zero-order valence-corrected chi connectivity index (χ0v) is 13.9. The average molecular weight is 355 g/mol. The molecule has 1 heterocycles. The molecule has 122 valence electrons. The summed E-state index contributed by atoms with van der Waals surface area (Å²) in [5, 5.41) is 5.58. The zero-order valence-electron chi connectivity index (χ0n) is 12.3. The molecule has 1 aliphatic rings. The van der Waals surface area contributed by atoms with Gasteiger partial charge in [0.25, 0.3) is 0 Å². The third-order valence-electron chi connectivity index (χ3n) is 3.98. The highest BCUT2D eigenvalue weighted by Gasteiger charge is 2.20. The molecule has 2 aromatic carbocycles. The highest BCUT2D eigenvalue weighted by Crippen LogP contribution is 2.31. The van der Waals surface area contributed by atoms with E-state index in [4.69, 9.17) is 16.7 Å². The molecule has 2 N–H and O–H groups in total. The molecule has 0 spiro atoms. The summed E-state index contributed by atoms with van der Waals surface area (Å²) in [6, 6.07) is 9.22. The van der Waals surface area contributed by atoms with E-state index < -0.39 is 10.0 Å². The van der Waals surface area contributed by atoms with Crippen molar-refractivity contribution in [2.75, 3.05) is 11.4 Å². The van der Waals surface area contributed by atoms with Gasteiger partial charge in [-0.25, -0.2) is 17.9 Å². The Kier molecular flexibility index (Phi) is 4.31. The van der Waals surface area contributed by atoms with Gasteiger partial charge in [0, 0.05) is 23.8 Å². The fourth-order valence-corrected chi connectivity index (χ4v) is 3.59. The molecule has 0 saturated heterocycles. The number of rotatable bonds is 3. The number of nitrogens with zero attached hydrogens (tertiary/aromatic N) is 1. The van der Waals surface area contributed by atoms with Crippen LogP contribution in [0, 0.1) is 5.82 Å². The van der Waals surface area contributed by atoms with Crippen molar-refractivity contribution >= 4 is 27.3 Å². The van der Waals surface area contributed by atoms with Crippen molar-refractivity contribution in [3.8, 4) is 0 Å². The van der Waals surface area contributed by atoms with E-state index in [0.717, 1.165) is 36.2 Å². The molecule has 0 saturated carbocycles. The maximum Gasteiger partial charge on any atom is 0.238 e. The van der Waals surface area contributed by atoms with E-state index in [-0.39, 0.29) is 10.7 Å². The molecular formula is C16H16ClFN2O2S. The Morgan fingerprint density at radius 3 is 2.70 bits per heavy atom. The Hall–Kier alpha value is -1.63. The van der Waals surface area contributed by atoms with Gasteiger partial charge in [-0.1, -0.05) is 23.7 Å². The lowest BCUT2D eigenvalue weighted by molar-refractivity contribution is 0.597. The second-order valence-electron chi connectivity index (χ2n) is 5.60. The molecule has 0 fully saturated rings. The summed E-state index contributed by atoms with van der Waals surface area (Å²) in [5.41, 5.74) is 2.70. The highest BCUT2D eigenvalue weighted by molar-refractivity contribution is 7.89. The van der Waals surface area contributed by atoms with Gasteiger partial charge in [-0.2, -0.15) is 0 Å². The summed E-state index contributed by atoms with van der Waals surface area (Å²) in [7, 11) is -3.75. The van der Waals surface area contributed by atoms with Gasteiger partial charge in [0.05, 0.1) is 4.90 Å². The first kappa shape index (κ1) is 16.2. The van der Waals surface area contributed by atoms with Crippen LogP contribution in [-0.2, 0) is 23.0 Å². The molecule has 0 atom stereocenters. The second kappa shape index (κ2) is 6.11. The minimum absolute atomic E-state index is 0.0911. The molecule has 0 unspecified atom stereocenters. The summed E-state index contributed by atoms with van der Waals surface area (Å²) in [5.74, 6) is -0.380. The van der Waals surface area contributed by atoms with Crippen molar-refractivity contribution in [3.05, 3.63) is 58.4 Å². The summed E-state index contributed by atoms with van der Waals surface area (Å²) < 4.78 is 36.3. The third kappa shape index (κ3) is 3.49. The first-order chi connectivity index (χ1) is 10.8. The van der Waals surface area contributed by atoms with E-state index in [1.54, 1.807) is 18.2 Å². The van der Waals surface area contributed by atoms with Crippen molar-refractivity contribution in [2.45, 2.75) is 24.3 Å². The molecular weight excluding hydrogens is 339 g/mol. The maximum absolute atomic E-state index is 13.2. The number of aryl methyl sites for hydroxylation is 1. The number of hydrogen-bond acceptors (Lipinski definition) is 3. The van der Waals surface area contributed by atoms with E-state index in [1.165, 1.54) is 18.2 Å². The van der Waals surface area contributed by atoms with Crippen LogP contribution < -0.4 is 10.0 Å². The minimum atomic E-state index is -3.75. The van der Waals surface area contributed by atoms with Crippen molar-refractivity contribution in [2.24, 2.45) is 5.14 Å². The lowest BCUT2D eigenvalue weighted by Crippen LogP contribution is -2.29. The normalized spacial score (nSPS) is 14.7. The Morgan fingerprint density at radius 2 is 2.00 bits per heavy atom. The van der Waals surface area contributed by atoms with Gasteiger partial charge in [0.2, 0.25) is 10.0 Å². The predicted molar refractivity (Wildman–Crippen MR) is 88.6 cm³/mol. The van der Waals surface area contributed by atoms with Crippen molar-refractivity contribution in [3.63, 3.8) is 0 Å². The van der Waals surface area contributed by atoms with Crippen LogP contribution in [0.5, 0.6) is 0 Å². The SMILES string of the molecule is NS(=O)(=O)c1ccc2c(c1)N(Cc1ccc(F)cc1Cl)CCC2. The molecule has 1 aliphatic heterocycles. The Morgan fingerprint density at radius 1 is 1.22 bits per heavy atom. The molecule has 4 nitrogen and oxygen atoms in total. The van der Waals surface area contributed by atoms with Crippen LogP contribution in [-0.4, -0.2) is 15.0 Å². The van der Waals surface area contributed by atoms with Gasteiger partial charge in [0.15, 0.2) is 0 Å². The van der Waals surface area contributed by atoms with Crippen LogP contribution in [0.1, 0.15) is 17.5 Å². The number of anilines is 1. The summed E-state index contributed by atoms with van der Waals surface area (Å²) in [4.78, 5) is 2.14. The number of halogens is 2. The van der Waals surface area contributed by atoms with Gasteiger partial charge < -0.3 is 4.90 Å². The number of hydrogen-bond donors (Lipinski definition) is 1. The van der Waals surface area contributed by atoms with Crippen molar-refractivity contribution in [1.29, 1.82) is 0 Å². The topological polar surface area (TPSA) is 63.4 Å². The van der Waals surface area contributed by atoms with Gasteiger partial charge in [-0.3, -0.25) is 0 Å². The molecule has 0 aromatic heterocycles. The summed E-state index contributed by atoms with van der Waals surface area (Å²) in [6.45, 7) is 1.26. The zero-order chi connectivity index (χ0) is 16.6.